The molecule has 0 spiro atoms. The first-order valence-electron chi connectivity index (χ1n) is 6.95. The normalized spacial score (nSPS) is 20.7. The predicted octanol–water partition coefficient (Wildman–Crippen LogP) is 3.47. The van der Waals surface area contributed by atoms with E-state index in [-0.39, 0.29) is 12.4 Å². The summed E-state index contributed by atoms with van der Waals surface area (Å²) in [6, 6.07) is 0. The average molecular weight is 260 g/mol. The topological polar surface area (TPSA) is 36.9 Å². The van der Waals surface area contributed by atoms with Crippen LogP contribution in [0.4, 0.5) is 0 Å². The van der Waals surface area contributed by atoms with E-state index in [1.807, 2.05) is 20.8 Å². The monoisotopic (exact) mass is 260 g/mol. The van der Waals surface area contributed by atoms with Gasteiger partial charge < -0.3 is 9.47 Å². The van der Waals surface area contributed by atoms with Crippen molar-refractivity contribution in [2.75, 3.05) is 19.8 Å². The Morgan fingerprint density at radius 2 is 2.17 bits per heavy atom. The van der Waals surface area contributed by atoms with Crippen LogP contribution in [0.3, 0.4) is 0 Å². The second-order valence-electron chi connectivity index (χ2n) is 3.94. The first-order valence-corrected chi connectivity index (χ1v) is 6.95. The van der Waals surface area contributed by atoms with Crippen molar-refractivity contribution in [1.82, 2.24) is 0 Å². The molecule has 0 N–H and O–H groups in total. The SMILES string of the molecule is C=CCO[C@H](C)CCOOC1CCCCO1.CC. The smallest absolute Gasteiger partial charge is 0.191 e. The molecule has 1 fully saturated rings. The molecule has 4 heteroatoms. The summed E-state index contributed by atoms with van der Waals surface area (Å²) in [5.74, 6) is 0. The van der Waals surface area contributed by atoms with Gasteiger partial charge in [-0.05, 0) is 26.2 Å². The third-order valence-corrected chi connectivity index (χ3v) is 2.42. The Labute approximate surface area is 111 Å². The van der Waals surface area contributed by atoms with Crippen LogP contribution in [0, 0.1) is 0 Å². The first kappa shape index (κ1) is 17.6. The maximum Gasteiger partial charge on any atom is 0.191 e. The van der Waals surface area contributed by atoms with E-state index in [1.165, 1.54) is 0 Å². The highest BCUT2D eigenvalue weighted by Gasteiger charge is 2.14. The lowest BCUT2D eigenvalue weighted by molar-refractivity contribution is -0.385. The van der Waals surface area contributed by atoms with Gasteiger partial charge >= 0.3 is 0 Å². The zero-order valence-corrected chi connectivity index (χ0v) is 12.0. The van der Waals surface area contributed by atoms with Crippen molar-refractivity contribution in [3.63, 3.8) is 0 Å². The molecule has 0 radical (unpaired) electrons. The van der Waals surface area contributed by atoms with Gasteiger partial charge in [-0.15, -0.1) is 6.58 Å². The van der Waals surface area contributed by atoms with Crippen molar-refractivity contribution >= 4 is 0 Å². The van der Waals surface area contributed by atoms with Crippen LogP contribution in [0.5, 0.6) is 0 Å². The Bertz CT molecular complexity index is 179. The molecule has 0 saturated carbocycles. The molecule has 0 amide bonds. The molecular weight excluding hydrogens is 232 g/mol. The zero-order chi connectivity index (χ0) is 13.6. The van der Waals surface area contributed by atoms with Gasteiger partial charge in [0.05, 0.1) is 19.3 Å². The van der Waals surface area contributed by atoms with Crippen LogP contribution in [0.2, 0.25) is 0 Å². The first-order chi connectivity index (χ1) is 8.83. The molecule has 18 heavy (non-hydrogen) atoms. The number of rotatable bonds is 8. The van der Waals surface area contributed by atoms with Crippen molar-refractivity contribution in [2.45, 2.75) is 58.8 Å². The summed E-state index contributed by atoms with van der Waals surface area (Å²) < 4.78 is 10.8. The van der Waals surface area contributed by atoms with E-state index in [1.54, 1.807) is 6.08 Å². The Kier molecular flexibility index (Phi) is 12.7. The molecular formula is C14H28O4. The zero-order valence-electron chi connectivity index (χ0n) is 12.0. The Balaban J connectivity index is 0.00000137. The molecule has 1 aliphatic rings. The second kappa shape index (κ2) is 13.0. The Morgan fingerprint density at radius 3 is 2.78 bits per heavy atom. The van der Waals surface area contributed by atoms with E-state index in [9.17, 15) is 0 Å². The van der Waals surface area contributed by atoms with Crippen molar-refractivity contribution in [1.29, 1.82) is 0 Å². The van der Waals surface area contributed by atoms with Gasteiger partial charge in [0.1, 0.15) is 0 Å². The van der Waals surface area contributed by atoms with Crippen LogP contribution in [0.1, 0.15) is 46.5 Å². The van der Waals surface area contributed by atoms with Gasteiger partial charge in [-0.2, -0.15) is 0 Å². The minimum Gasteiger partial charge on any atom is -0.374 e. The molecule has 2 atom stereocenters. The molecule has 1 rings (SSSR count). The molecule has 0 aromatic carbocycles. The van der Waals surface area contributed by atoms with Crippen molar-refractivity contribution in [2.24, 2.45) is 0 Å². The van der Waals surface area contributed by atoms with Gasteiger partial charge in [0.15, 0.2) is 6.29 Å². The summed E-state index contributed by atoms with van der Waals surface area (Å²) in [6.45, 7) is 11.5. The molecule has 0 aromatic rings. The van der Waals surface area contributed by atoms with Gasteiger partial charge in [0.2, 0.25) is 0 Å². The summed E-state index contributed by atoms with van der Waals surface area (Å²) >= 11 is 0. The summed E-state index contributed by atoms with van der Waals surface area (Å²) in [5, 5.41) is 0. The van der Waals surface area contributed by atoms with Crippen LogP contribution in [-0.4, -0.2) is 32.2 Å². The highest BCUT2D eigenvalue weighted by Crippen LogP contribution is 2.13. The lowest BCUT2D eigenvalue weighted by atomic mass is 10.2. The fourth-order valence-corrected chi connectivity index (χ4v) is 1.44. The van der Waals surface area contributed by atoms with Crippen LogP contribution in [0.15, 0.2) is 12.7 Å². The van der Waals surface area contributed by atoms with E-state index >= 15 is 0 Å². The minimum atomic E-state index is -0.182. The second-order valence-corrected chi connectivity index (χ2v) is 3.94. The standard InChI is InChI=1S/C12H22O4.C2H6/c1-3-8-13-11(2)7-10-15-16-12-6-4-5-9-14-12;1-2/h3,11-12H,1,4-10H2,2H3;1-2H3/t11-,12?;/m1./s1. The summed E-state index contributed by atoms with van der Waals surface area (Å²) in [6.07, 6.45) is 5.71. The molecule has 0 bridgehead atoms. The van der Waals surface area contributed by atoms with Crippen molar-refractivity contribution < 1.29 is 19.2 Å². The Morgan fingerprint density at radius 1 is 1.39 bits per heavy atom. The molecule has 0 aromatic heterocycles. The Hall–Kier alpha value is -0.420. The lowest BCUT2D eigenvalue weighted by Crippen LogP contribution is -2.23. The van der Waals surface area contributed by atoms with Gasteiger partial charge in [0, 0.05) is 13.0 Å². The average Bonchev–Trinajstić information content (AvgIpc) is 2.44. The highest BCUT2D eigenvalue weighted by atomic mass is 17.2. The summed E-state index contributed by atoms with van der Waals surface area (Å²) in [5.41, 5.74) is 0. The fourth-order valence-electron chi connectivity index (χ4n) is 1.44. The quantitative estimate of drug-likeness (QED) is 0.290. The van der Waals surface area contributed by atoms with Crippen molar-refractivity contribution in [3.8, 4) is 0 Å². The van der Waals surface area contributed by atoms with Crippen molar-refractivity contribution in [3.05, 3.63) is 12.7 Å². The molecule has 4 nitrogen and oxygen atoms in total. The lowest BCUT2D eigenvalue weighted by Gasteiger charge is -2.21. The molecule has 1 aliphatic heterocycles. The number of hydrogen-bond acceptors (Lipinski definition) is 4. The fraction of sp³-hybridized carbons (Fsp3) is 0.857. The maximum atomic E-state index is 5.40. The van der Waals surface area contributed by atoms with E-state index < -0.39 is 0 Å². The number of ether oxygens (including phenoxy) is 2. The number of hydrogen-bond donors (Lipinski definition) is 0. The van der Waals surface area contributed by atoms with Crippen LogP contribution < -0.4 is 0 Å². The van der Waals surface area contributed by atoms with Crippen LogP contribution in [0.25, 0.3) is 0 Å². The van der Waals surface area contributed by atoms with Crippen LogP contribution >= 0.6 is 0 Å². The molecule has 1 unspecified atom stereocenters. The minimum absolute atomic E-state index is 0.161. The molecule has 1 heterocycles. The highest BCUT2D eigenvalue weighted by molar-refractivity contribution is 4.65. The molecule has 0 aliphatic carbocycles. The summed E-state index contributed by atoms with van der Waals surface area (Å²) in [4.78, 5) is 10.2. The maximum absolute atomic E-state index is 5.40. The van der Waals surface area contributed by atoms with Crippen LogP contribution in [-0.2, 0) is 19.2 Å². The van der Waals surface area contributed by atoms with E-state index in [4.69, 9.17) is 19.2 Å². The van der Waals surface area contributed by atoms with Gasteiger partial charge in [0.25, 0.3) is 0 Å². The van der Waals surface area contributed by atoms with Gasteiger partial charge in [-0.1, -0.05) is 19.9 Å². The largest absolute Gasteiger partial charge is 0.374 e. The third-order valence-electron chi connectivity index (χ3n) is 2.42. The van der Waals surface area contributed by atoms with E-state index in [0.717, 1.165) is 32.3 Å². The van der Waals surface area contributed by atoms with Gasteiger partial charge in [-0.3, -0.25) is 0 Å². The summed E-state index contributed by atoms with van der Waals surface area (Å²) in [7, 11) is 0. The third kappa shape index (κ3) is 9.59. The molecule has 1 saturated heterocycles. The van der Waals surface area contributed by atoms with E-state index in [0.29, 0.717) is 13.2 Å². The van der Waals surface area contributed by atoms with Gasteiger partial charge in [-0.25, -0.2) is 9.78 Å². The van der Waals surface area contributed by atoms with E-state index in [2.05, 4.69) is 6.58 Å². The predicted molar refractivity (Wildman–Crippen MR) is 72.2 cm³/mol. The molecule has 108 valence electrons.